The third-order valence-electron chi connectivity index (χ3n) is 3.30. The van der Waals surface area contributed by atoms with E-state index in [9.17, 15) is 0 Å². The van der Waals surface area contributed by atoms with Crippen LogP contribution >= 0.6 is 0 Å². The molecule has 2 atom stereocenters. The lowest BCUT2D eigenvalue weighted by Gasteiger charge is -1.98. The molecule has 0 aromatic heterocycles. The SMILES string of the molecule is C[C@@]12C[NH2+]C[C@]1(C)C2. The third-order valence-corrected chi connectivity index (χ3v) is 3.30. The van der Waals surface area contributed by atoms with Crippen molar-refractivity contribution in [3.63, 3.8) is 0 Å². The van der Waals surface area contributed by atoms with Crippen LogP contribution in [0.3, 0.4) is 0 Å². The highest BCUT2D eigenvalue weighted by molar-refractivity contribution is 5.10. The van der Waals surface area contributed by atoms with Gasteiger partial charge in [0.05, 0.1) is 13.1 Å². The maximum Gasteiger partial charge on any atom is 0.0817 e. The normalized spacial score (nSPS) is 60.8. The Bertz CT molecular complexity index is 110. The molecule has 46 valence electrons. The van der Waals surface area contributed by atoms with E-state index in [2.05, 4.69) is 19.2 Å². The summed E-state index contributed by atoms with van der Waals surface area (Å²) < 4.78 is 0. The van der Waals surface area contributed by atoms with E-state index in [-0.39, 0.29) is 0 Å². The molecule has 1 nitrogen and oxygen atoms in total. The summed E-state index contributed by atoms with van der Waals surface area (Å²) in [6.07, 6.45) is 1.48. The maximum atomic E-state index is 2.45. The molecule has 0 radical (unpaired) electrons. The minimum atomic E-state index is 0.743. The van der Waals surface area contributed by atoms with Crippen LogP contribution in [0.1, 0.15) is 20.3 Å². The number of quaternary nitrogens is 1. The van der Waals surface area contributed by atoms with Crippen LogP contribution in [-0.2, 0) is 0 Å². The smallest absolute Gasteiger partial charge is 0.0817 e. The lowest BCUT2D eigenvalue weighted by atomic mass is 10.0. The maximum absolute atomic E-state index is 2.45. The molecule has 1 heteroatoms. The molecule has 1 heterocycles. The summed E-state index contributed by atoms with van der Waals surface area (Å²) in [5.41, 5.74) is 1.49. The molecule has 0 unspecified atom stereocenters. The molecule has 8 heavy (non-hydrogen) atoms. The Morgan fingerprint density at radius 1 is 1.12 bits per heavy atom. The molecular formula is C7H14N+. The van der Waals surface area contributed by atoms with Crippen LogP contribution in [0, 0.1) is 10.8 Å². The Morgan fingerprint density at radius 2 is 1.62 bits per heavy atom. The molecule has 2 aliphatic rings. The molecule has 0 bridgehead atoms. The molecule has 1 aliphatic carbocycles. The Hall–Kier alpha value is -0.0400. The standard InChI is InChI=1S/C7H13N/c1-6-3-7(6,2)5-8-4-6/h8H,3-5H2,1-2H3/p+1/t6-,7+. The van der Waals surface area contributed by atoms with Crippen LogP contribution < -0.4 is 5.32 Å². The fraction of sp³-hybridized carbons (Fsp3) is 1.00. The third kappa shape index (κ3) is 0.334. The Labute approximate surface area is 50.5 Å². The summed E-state index contributed by atoms with van der Waals surface area (Å²) >= 11 is 0. The van der Waals surface area contributed by atoms with Crippen LogP contribution in [0.2, 0.25) is 0 Å². The predicted molar refractivity (Wildman–Crippen MR) is 32.5 cm³/mol. The van der Waals surface area contributed by atoms with E-state index in [1.807, 2.05) is 0 Å². The average molecular weight is 112 g/mol. The minimum Gasteiger partial charge on any atom is -0.345 e. The van der Waals surface area contributed by atoms with Gasteiger partial charge in [-0.1, -0.05) is 13.8 Å². The van der Waals surface area contributed by atoms with Crippen molar-refractivity contribution < 1.29 is 5.32 Å². The number of rotatable bonds is 0. The fourth-order valence-corrected chi connectivity index (χ4v) is 2.16. The minimum absolute atomic E-state index is 0.743. The van der Waals surface area contributed by atoms with Gasteiger partial charge in [0.2, 0.25) is 0 Å². The molecule has 0 aromatic rings. The first-order chi connectivity index (χ1) is 3.66. The first kappa shape index (κ1) is 4.80. The summed E-state index contributed by atoms with van der Waals surface area (Å²) in [6, 6.07) is 0. The van der Waals surface area contributed by atoms with Gasteiger partial charge in [-0.3, -0.25) is 0 Å². The van der Waals surface area contributed by atoms with Gasteiger partial charge in [-0.05, 0) is 6.42 Å². The van der Waals surface area contributed by atoms with Crippen LogP contribution in [0.25, 0.3) is 0 Å². The van der Waals surface area contributed by atoms with E-state index >= 15 is 0 Å². The molecule has 2 rings (SSSR count). The molecule has 2 N–H and O–H groups in total. The molecular weight excluding hydrogens is 98.1 g/mol. The highest BCUT2D eigenvalue weighted by Crippen LogP contribution is 2.63. The highest BCUT2D eigenvalue weighted by atomic mass is 15.0. The number of hydrogen-bond acceptors (Lipinski definition) is 0. The van der Waals surface area contributed by atoms with Crippen LogP contribution in [0.5, 0.6) is 0 Å². The molecule has 0 amide bonds. The van der Waals surface area contributed by atoms with E-state index < -0.39 is 0 Å². The molecule has 1 saturated heterocycles. The van der Waals surface area contributed by atoms with Crippen LogP contribution in [0.4, 0.5) is 0 Å². The molecule has 1 saturated carbocycles. The van der Waals surface area contributed by atoms with Crippen molar-refractivity contribution in [3.05, 3.63) is 0 Å². The molecule has 0 aromatic carbocycles. The van der Waals surface area contributed by atoms with Gasteiger partial charge in [0.25, 0.3) is 0 Å². The fourth-order valence-electron chi connectivity index (χ4n) is 2.16. The zero-order valence-corrected chi connectivity index (χ0v) is 5.70. The van der Waals surface area contributed by atoms with E-state index in [0.29, 0.717) is 0 Å². The first-order valence-electron chi connectivity index (χ1n) is 3.48. The van der Waals surface area contributed by atoms with Crippen molar-refractivity contribution >= 4 is 0 Å². The molecule has 2 fully saturated rings. The van der Waals surface area contributed by atoms with Crippen molar-refractivity contribution in [1.29, 1.82) is 0 Å². The number of fused-ring (bicyclic) bond motifs is 1. The average Bonchev–Trinajstić information content (AvgIpc) is 2.00. The predicted octanol–water partition coefficient (Wildman–Crippen LogP) is -0.0203. The Kier molecular flexibility index (Phi) is 0.583. The number of piperidine rings is 1. The van der Waals surface area contributed by atoms with Gasteiger partial charge in [-0.15, -0.1) is 0 Å². The number of hydrogen-bond donors (Lipinski definition) is 1. The van der Waals surface area contributed by atoms with Crippen molar-refractivity contribution in [3.8, 4) is 0 Å². The van der Waals surface area contributed by atoms with Crippen molar-refractivity contribution in [2.75, 3.05) is 13.1 Å². The van der Waals surface area contributed by atoms with Crippen molar-refractivity contribution in [1.82, 2.24) is 0 Å². The van der Waals surface area contributed by atoms with E-state index in [4.69, 9.17) is 0 Å². The summed E-state index contributed by atoms with van der Waals surface area (Å²) in [6.45, 7) is 7.58. The second-order valence-corrected chi connectivity index (χ2v) is 4.00. The topological polar surface area (TPSA) is 16.6 Å². The van der Waals surface area contributed by atoms with Crippen molar-refractivity contribution in [2.45, 2.75) is 20.3 Å². The van der Waals surface area contributed by atoms with E-state index in [0.717, 1.165) is 10.8 Å². The van der Waals surface area contributed by atoms with Gasteiger partial charge >= 0.3 is 0 Å². The van der Waals surface area contributed by atoms with Crippen molar-refractivity contribution in [2.24, 2.45) is 10.8 Å². The van der Waals surface area contributed by atoms with Gasteiger partial charge in [0, 0.05) is 10.8 Å². The Morgan fingerprint density at radius 3 is 1.75 bits per heavy atom. The van der Waals surface area contributed by atoms with E-state index in [1.165, 1.54) is 19.5 Å². The highest BCUT2D eigenvalue weighted by Gasteiger charge is 2.66. The van der Waals surface area contributed by atoms with Gasteiger partial charge in [0.1, 0.15) is 0 Å². The van der Waals surface area contributed by atoms with Gasteiger partial charge in [-0.2, -0.15) is 0 Å². The molecule has 1 aliphatic heterocycles. The van der Waals surface area contributed by atoms with Gasteiger partial charge in [0.15, 0.2) is 0 Å². The second kappa shape index (κ2) is 0.971. The quantitative estimate of drug-likeness (QED) is 0.453. The van der Waals surface area contributed by atoms with Gasteiger partial charge < -0.3 is 5.32 Å². The number of nitrogens with two attached hydrogens (primary N) is 1. The largest absolute Gasteiger partial charge is 0.345 e. The van der Waals surface area contributed by atoms with E-state index in [1.54, 1.807) is 0 Å². The summed E-state index contributed by atoms with van der Waals surface area (Å²) in [5.74, 6) is 0. The lowest BCUT2D eigenvalue weighted by Crippen LogP contribution is -2.83. The monoisotopic (exact) mass is 112 g/mol. The summed E-state index contributed by atoms with van der Waals surface area (Å²) in [4.78, 5) is 0. The van der Waals surface area contributed by atoms with Gasteiger partial charge in [-0.25, -0.2) is 0 Å². The van der Waals surface area contributed by atoms with Crippen LogP contribution in [-0.4, -0.2) is 13.1 Å². The first-order valence-corrected chi connectivity index (χ1v) is 3.48. The molecule has 0 spiro atoms. The van der Waals surface area contributed by atoms with Crippen LogP contribution in [0.15, 0.2) is 0 Å². The summed E-state index contributed by atoms with van der Waals surface area (Å²) in [7, 11) is 0. The zero-order valence-electron chi connectivity index (χ0n) is 5.70. The second-order valence-electron chi connectivity index (χ2n) is 4.00. The summed E-state index contributed by atoms with van der Waals surface area (Å²) in [5, 5.41) is 2.45. The lowest BCUT2D eigenvalue weighted by molar-refractivity contribution is -0.649. The Balaban J connectivity index is 2.26. The zero-order chi connectivity index (χ0) is 5.83.